The summed E-state index contributed by atoms with van der Waals surface area (Å²) in [7, 11) is 0. The van der Waals surface area contributed by atoms with Crippen LogP contribution >= 0.6 is 23.2 Å². The largest absolute Gasteiger partial charge is 0.342 e. The van der Waals surface area contributed by atoms with Crippen LogP contribution in [0.25, 0.3) is 22.6 Å². The highest BCUT2D eigenvalue weighted by molar-refractivity contribution is 6.38. The number of benzene rings is 4. The number of anilines is 2. The molecule has 0 aliphatic carbocycles. The average Bonchev–Trinajstić information content (AvgIpc) is 3.36. The molecule has 6 rings (SSSR count). The fourth-order valence-electron chi connectivity index (χ4n) is 4.72. The Morgan fingerprint density at radius 3 is 2.37 bits per heavy atom. The van der Waals surface area contributed by atoms with Crippen molar-refractivity contribution in [2.75, 3.05) is 4.90 Å². The van der Waals surface area contributed by atoms with Crippen LogP contribution in [0.2, 0.25) is 10.0 Å². The third-order valence-corrected chi connectivity index (χ3v) is 6.95. The van der Waals surface area contributed by atoms with Crippen LogP contribution in [0.4, 0.5) is 11.4 Å². The summed E-state index contributed by atoms with van der Waals surface area (Å²) >= 11 is 12.6. The van der Waals surface area contributed by atoms with Crippen molar-refractivity contribution < 1.29 is 4.79 Å². The van der Waals surface area contributed by atoms with E-state index in [-0.39, 0.29) is 5.91 Å². The highest BCUT2D eigenvalue weighted by atomic mass is 35.5. The van der Waals surface area contributed by atoms with Gasteiger partial charge in [-0.25, -0.2) is 0 Å². The molecule has 1 aliphatic heterocycles. The molecule has 4 aromatic carbocycles. The number of para-hydroxylation sites is 3. The summed E-state index contributed by atoms with van der Waals surface area (Å²) < 4.78 is 2.16. The van der Waals surface area contributed by atoms with Crippen molar-refractivity contribution in [3.05, 3.63) is 130 Å². The molecule has 5 heteroatoms. The summed E-state index contributed by atoms with van der Waals surface area (Å²) in [5.41, 5.74) is 6.40. The molecule has 0 atom stereocenters. The maximum absolute atomic E-state index is 13.7. The van der Waals surface area contributed by atoms with Crippen molar-refractivity contribution in [1.29, 1.82) is 0 Å². The Kier molecular flexibility index (Phi) is 5.44. The summed E-state index contributed by atoms with van der Waals surface area (Å²) in [4.78, 5) is 15.5. The average molecular weight is 495 g/mol. The lowest BCUT2D eigenvalue weighted by atomic mass is 10.0. The maximum Gasteiger partial charge on any atom is 0.263 e. The van der Waals surface area contributed by atoms with Crippen molar-refractivity contribution in [3.8, 4) is 0 Å². The van der Waals surface area contributed by atoms with E-state index in [0.29, 0.717) is 22.2 Å². The monoisotopic (exact) mass is 494 g/mol. The van der Waals surface area contributed by atoms with E-state index in [9.17, 15) is 4.79 Å². The lowest BCUT2D eigenvalue weighted by molar-refractivity contribution is -0.112. The minimum atomic E-state index is -0.0324. The van der Waals surface area contributed by atoms with E-state index in [1.807, 2.05) is 84.9 Å². The minimum absolute atomic E-state index is 0.0324. The van der Waals surface area contributed by atoms with Gasteiger partial charge in [0.2, 0.25) is 0 Å². The van der Waals surface area contributed by atoms with Crippen molar-refractivity contribution in [2.24, 2.45) is 0 Å². The molecule has 1 amide bonds. The van der Waals surface area contributed by atoms with Crippen molar-refractivity contribution in [1.82, 2.24) is 4.57 Å². The van der Waals surface area contributed by atoms with E-state index in [1.54, 1.807) is 11.0 Å². The van der Waals surface area contributed by atoms with Gasteiger partial charge in [-0.3, -0.25) is 9.69 Å². The number of aromatic nitrogens is 1. The third-order valence-electron chi connectivity index (χ3n) is 6.36. The molecule has 0 saturated heterocycles. The van der Waals surface area contributed by atoms with Crippen LogP contribution in [0, 0.1) is 0 Å². The third kappa shape index (κ3) is 3.83. The number of halogens is 2. The highest BCUT2D eigenvalue weighted by Gasteiger charge is 2.33. The standard InChI is InChI=1S/C30H20Cl2N2O/c31-22-15-14-20(27(32)17-22)18-33-19-21(24-10-4-6-12-28(24)33)16-26-25-11-5-7-13-29(25)34(30(26)35)23-8-2-1-3-9-23/h1-17,19H,18H2/b26-16+. The first-order valence-corrected chi connectivity index (χ1v) is 12.1. The zero-order valence-corrected chi connectivity index (χ0v) is 20.2. The summed E-state index contributed by atoms with van der Waals surface area (Å²) in [6.45, 7) is 0.598. The number of carbonyl (C=O) groups excluding carboxylic acids is 1. The first-order valence-electron chi connectivity index (χ1n) is 11.3. The van der Waals surface area contributed by atoms with Crippen LogP contribution in [0.5, 0.6) is 0 Å². The van der Waals surface area contributed by atoms with Gasteiger partial charge in [-0.1, -0.05) is 83.9 Å². The Morgan fingerprint density at radius 1 is 0.800 bits per heavy atom. The Hall–Kier alpha value is -3.79. The van der Waals surface area contributed by atoms with Gasteiger partial charge in [0.25, 0.3) is 5.91 Å². The quantitative estimate of drug-likeness (QED) is 0.231. The second kappa shape index (κ2) is 8.77. The van der Waals surface area contributed by atoms with Crippen LogP contribution in [-0.2, 0) is 11.3 Å². The van der Waals surface area contributed by atoms with Crippen LogP contribution in [0.3, 0.4) is 0 Å². The number of fused-ring (bicyclic) bond motifs is 2. The second-order valence-electron chi connectivity index (χ2n) is 8.52. The molecule has 1 aromatic heterocycles. The van der Waals surface area contributed by atoms with E-state index < -0.39 is 0 Å². The van der Waals surface area contributed by atoms with E-state index in [0.717, 1.165) is 39.0 Å². The van der Waals surface area contributed by atoms with Gasteiger partial charge >= 0.3 is 0 Å². The molecular weight excluding hydrogens is 475 g/mol. The topological polar surface area (TPSA) is 25.2 Å². The predicted molar refractivity (Wildman–Crippen MR) is 145 cm³/mol. The fraction of sp³-hybridized carbons (Fsp3) is 0.0333. The smallest absolute Gasteiger partial charge is 0.263 e. The summed E-state index contributed by atoms with van der Waals surface area (Å²) in [5, 5.41) is 2.32. The lowest BCUT2D eigenvalue weighted by Crippen LogP contribution is -2.20. The molecule has 5 aromatic rings. The molecule has 1 aliphatic rings. The van der Waals surface area contributed by atoms with E-state index in [1.165, 1.54) is 0 Å². The molecule has 2 heterocycles. The predicted octanol–water partition coefficient (Wildman–Crippen LogP) is 8.22. The number of nitrogens with zero attached hydrogens (tertiary/aromatic N) is 2. The molecule has 0 spiro atoms. The van der Waals surface area contributed by atoms with Crippen LogP contribution in [0.15, 0.2) is 103 Å². The molecule has 0 unspecified atom stereocenters. The Bertz CT molecular complexity index is 1620. The molecule has 0 N–H and O–H groups in total. The molecule has 0 fully saturated rings. The molecule has 170 valence electrons. The first kappa shape index (κ1) is 21.7. The molecule has 0 saturated carbocycles. The Balaban J connectivity index is 1.47. The fourth-order valence-corrected chi connectivity index (χ4v) is 5.19. The van der Waals surface area contributed by atoms with Gasteiger partial charge in [-0.05, 0) is 48.0 Å². The summed E-state index contributed by atoms with van der Waals surface area (Å²) in [6.07, 6.45) is 4.09. The first-order chi connectivity index (χ1) is 17.1. The van der Waals surface area contributed by atoms with Gasteiger partial charge in [0.15, 0.2) is 0 Å². The Morgan fingerprint density at radius 2 is 1.54 bits per heavy atom. The van der Waals surface area contributed by atoms with Gasteiger partial charge in [-0.15, -0.1) is 0 Å². The van der Waals surface area contributed by atoms with Gasteiger partial charge in [0.1, 0.15) is 0 Å². The summed E-state index contributed by atoms with van der Waals surface area (Å²) in [6, 6.07) is 31.5. The van der Waals surface area contributed by atoms with E-state index in [4.69, 9.17) is 23.2 Å². The SMILES string of the molecule is O=C1/C(=C/c2cn(Cc3ccc(Cl)cc3Cl)c3ccccc23)c2ccccc2N1c1ccccc1. The van der Waals surface area contributed by atoms with E-state index in [2.05, 4.69) is 22.9 Å². The zero-order chi connectivity index (χ0) is 23.9. The van der Waals surface area contributed by atoms with Crippen molar-refractivity contribution >= 4 is 63.0 Å². The van der Waals surface area contributed by atoms with Gasteiger partial charge < -0.3 is 4.57 Å². The van der Waals surface area contributed by atoms with Crippen LogP contribution in [-0.4, -0.2) is 10.5 Å². The number of amides is 1. The number of hydrogen-bond donors (Lipinski definition) is 0. The zero-order valence-electron chi connectivity index (χ0n) is 18.7. The van der Waals surface area contributed by atoms with Crippen molar-refractivity contribution in [2.45, 2.75) is 6.54 Å². The molecule has 3 nitrogen and oxygen atoms in total. The van der Waals surface area contributed by atoms with Crippen LogP contribution < -0.4 is 4.90 Å². The molecule has 0 bridgehead atoms. The highest BCUT2D eigenvalue weighted by Crippen LogP contribution is 2.42. The lowest BCUT2D eigenvalue weighted by Gasteiger charge is -2.16. The Labute approximate surface area is 213 Å². The molecular formula is C30H20Cl2N2O. The van der Waals surface area contributed by atoms with Crippen LogP contribution in [0.1, 0.15) is 16.7 Å². The van der Waals surface area contributed by atoms with Gasteiger partial charge in [-0.2, -0.15) is 0 Å². The van der Waals surface area contributed by atoms with Crippen molar-refractivity contribution in [3.63, 3.8) is 0 Å². The number of hydrogen-bond acceptors (Lipinski definition) is 1. The molecule has 35 heavy (non-hydrogen) atoms. The molecule has 0 radical (unpaired) electrons. The van der Waals surface area contributed by atoms with Gasteiger partial charge in [0.05, 0.1) is 11.3 Å². The normalized spacial score (nSPS) is 14.2. The van der Waals surface area contributed by atoms with Gasteiger partial charge in [0, 0.05) is 50.5 Å². The minimum Gasteiger partial charge on any atom is -0.342 e. The summed E-state index contributed by atoms with van der Waals surface area (Å²) in [5.74, 6) is -0.0324. The van der Waals surface area contributed by atoms with E-state index >= 15 is 0 Å². The number of carbonyl (C=O) groups is 1. The maximum atomic E-state index is 13.7. The number of rotatable bonds is 4. The second-order valence-corrected chi connectivity index (χ2v) is 9.36.